The van der Waals surface area contributed by atoms with Crippen LogP contribution in [0.3, 0.4) is 0 Å². The first-order chi connectivity index (χ1) is 28.8. The zero-order valence-corrected chi connectivity index (χ0v) is 31.4. The normalized spacial score (nSPS) is 12.1. The van der Waals surface area contributed by atoms with Crippen molar-refractivity contribution in [1.82, 2.24) is 18.3 Å². The van der Waals surface area contributed by atoms with Crippen molar-refractivity contribution in [1.29, 1.82) is 0 Å². The quantitative estimate of drug-likeness (QED) is 0.171. The molecule has 0 saturated heterocycles. The number of nitrogens with zero attached hydrogens (tertiary/aromatic N) is 4. The molecule has 0 unspecified atom stereocenters. The van der Waals surface area contributed by atoms with Crippen molar-refractivity contribution >= 4 is 87.2 Å². The van der Waals surface area contributed by atoms with Crippen molar-refractivity contribution in [3.05, 3.63) is 206 Å². The van der Waals surface area contributed by atoms with Gasteiger partial charge in [0.1, 0.15) is 0 Å². The molecule has 0 N–H and O–H groups in total. The molecule has 0 spiro atoms. The Morgan fingerprint density at radius 3 is 0.741 bits per heavy atom. The molecule has 0 saturated carbocycles. The third-order valence-electron chi connectivity index (χ3n) is 12.3. The summed E-state index contributed by atoms with van der Waals surface area (Å²) in [7, 11) is 0. The number of fused-ring (bicyclic) bond motifs is 13. The number of rotatable bonds is 4. The van der Waals surface area contributed by atoms with E-state index in [-0.39, 0.29) is 0 Å². The van der Waals surface area contributed by atoms with Gasteiger partial charge in [0.2, 0.25) is 0 Å². The van der Waals surface area contributed by atoms with Crippen LogP contribution in [0.5, 0.6) is 0 Å². The molecular weight excluding hydrogens is 705 g/mol. The summed E-state index contributed by atoms with van der Waals surface area (Å²) in [4.78, 5) is 0. The molecule has 58 heavy (non-hydrogen) atoms. The number of benzene rings is 9. The molecule has 0 amide bonds. The Kier molecular flexibility index (Phi) is 6.41. The molecule has 0 fully saturated rings. The van der Waals surface area contributed by atoms with Gasteiger partial charge in [0.15, 0.2) is 0 Å². The molecular formula is C54H34N4. The molecule has 4 aromatic heterocycles. The minimum Gasteiger partial charge on any atom is -0.309 e. The minimum absolute atomic E-state index is 1.13. The largest absolute Gasteiger partial charge is 0.309 e. The Labute approximate surface area is 333 Å². The van der Waals surface area contributed by atoms with Crippen molar-refractivity contribution < 1.29 is 0 Å². The summed E-state index contributed by atoms with van der Waals surface area (Å²) >= 11 is 0. The van der Waals surface area contributed by atoms with Gasteiger partial charge < -0.3 is 18.3 Å². The number of hydrogen-bond acceptors (Lipinski definition) is 0. The first kappa shape index (κ1) is 31.4. The molecule has 0 radical (unpaired) electrons. The van der Waals surface area contributed by atoms with Gasteiger partial charge in [0.05, 0.1) is 44.1 Å². The van der Waals surface area contributed by atoms with E-state index < -0.39 is 0 Å². The lowest BCUT2D eigenvalue weighted by atomic mass is 10.1. The monoisotopic (exact) mass is 738 g/mol. The summed E-state index contributed by atoms with van der Waals surface area (Å²) in [6, 6.07) is 75.4. The van der Waals surface area contributed by atoms with Crippen LogP contribution < -0.4 is 0 Å². The van der Waals surface area contributed by atoms with Gasteiger partial charge in [0.25, 0.3) is 0 Å². The average Bonchev–Trinajstić information content (AvgIpc) is 4.01. The molecule has 13 aromatic rings. The van der Waals surface area contributed by atoms with E-state index in [9.17, 15) is 0 Å². The summed E-state index contributed by atoms with van der Waals surface area (Å²) in [5.41, 5.74) is 14.1. The van der Waals surface area contributed by atoms with Crippen LogP contribution in [0.15, 0.2) is 206 Å². The molecule has 13 rings (SSSR count). The first-order valence-corrected chi connectivity index (χ1v) is 20.0. The van der Waals surface area contributed by atoms with E-state index in [0.717, 1.165) is 22.7 Å². The highest BCUT2D eigenvalue weighted by atomic mass is 15.0. The number of para-hydroxylation sites is 6. The topological polar surface area (TPSA) is 19.7 Å². The Hall–Kier alpha value is -7.82. The number of hydrogen-bond donors (Lipinski definition) is 0. The maximum Gasteiger partial charge on any atom is 0.0548 e. The van der Waals surface area contributed by atoms with Crippen LogP contribution >= 0.6 is 0 Å². The van der Waals surface area contributed by atoms with E-state index in [4.69, 9.17) is 0 Å². The molecule has 0 aliphatic rings. The van der Waals surface area contributed by atoms with Gasteiger partial charge in [-0.15, -0.1) is 0 Å². The molecule has 4 heteroatoms. The highest BCUT2D eigenvalue weighted by molar-refractivity contribution is 6.29. The highest BCUT2D eigenvalue weighted by Crippen LogP contribution is 2.43. The maximum atomic E-state index is 2.45. The molecule has 9 aromatic carbocycles. The third kappa shape index (κ3) is 4.23. The fraction of sp³-hybridized carbons (Fsp3) is 0. The molecule has 0 atom stereocenters. The van der Waals surface area contributed by atoms with Crippen LogP contribution in [-0.2, 0) is 0 Å². The average molecular weight is 739 g/mol. The van der Waals surface area contributed by atoms with Crippen molar-refractivity contribution in [2.75, 3.05) is 0 Å². The Bertz CT molecular complexity index is 3450. The summed E-state index contributed by atoms with van der Waals surface area (Å²) in [5.74, 6) is 0. The lowest BCUT2D eigenvalue weighted by Crippen LogP contribution is -1.99. The smallest absolute Gasteiger partial charge is 0.0548 e. The predicted octanol–water partition coefficient (Wildman–Crippen LogP) is 14.1. The lowest BCUT2D eigenvalue weighted by Gasteiger charge is -2.13. The van der Waals surface area contributed by atoms with Crippen LogP contribution in [0.4, 0.5) is 0 Å². The van der Waals surface area contributed by atoms with E-state index in [0.29, 0.717) is 0 Å². The Morgan fingerprint density at radius 2 is 0.431 bits per heavy atom. The Balaban J connectivity index is 1.06. The highest BCUT2D eigenvalue weighted by Gasteiger charge is 2.22. The standard InChI is InChI=1S/C54H34N4/c1-7-25-45-39(19-1)40-20-2-8-26-46(40)55(45)35-15-13-17-37(33-35)57-49-29-11-5-23-43(49)53-51(57)31-32-52-54(53)44-24-6-12-30-50(44)58(52)38-18-14-16-36(34-38)56-47-27-9-3-21-41(47)42-22-4-10-28-48(42)56/h1-34H. The zero-order chi connectivity index (χ0) is 37.9. The minimum atomic E-state index is 1.13. The van der Waals surface area contributed by atoms with Crippen LogP contribution in [0.2, 0.25) is 0 Å². The summed E-state index contributed by atoms with van der Waals surface area (Å²) in [6.07, 6.45) is 0. The van der Waals surface area contributed by atoms with Gasteiger partial charge in [-0.2, -0.15) is 0 Å². The van der Waals surface area contributed by atoms with Crippen molar-refractivity contribution in [2.24, 2.45) is 0 Å². The van der Waals surface area contributed by atoms with Gasteiger partial charge >= 0.3 is 0 Å². The lowest BCUT2D eigenvalue weighted by molar-refractivity contribution is 1.13. The second kappa shape index (κ2) is 11.8. The van der Waals surface area contributed by atoms with Crippen LogP contribution in [0.1, 0.15) is 0 Å². The summed E-state index contributed by atoms with van der Waals surface area (Å²) < 4.78 is 9.72. The van der Waals surface area contributed by atoms with E-state index in [1.807, 2.05) is 0 Å². The van der Waals surface area contributed by atoms with Gasteiger partial charge in [-0.3, -0.25) is 0 Å². The van der Waals surface area contributed by atoms with E-state index >= 15 is 0 Å². The van der Waals surface area contributed by atoms with Crippen molar-refractivity contribution in [3.8, 4) is 22.7 Å². The van der Waals surface area contributed by atoms with Crippen molar-refractivity contribution in [3.63, 3.8) is 0 Å². The second-order valence-electron chi connectivity index (χ2n) is 15.3. The van der Waals surface area contributed by atoms with Crippen LogP contribution in [-0.4, -0.2) is 18.3 Å². The molecule has 4 heterocycles. The van der Waals surface area contributed by atoms with Gasteiger partial charge in [-0.1, -0.05) is 121 Å². The molecule has 0 aliphatic carbocycles. The molecule has 4 nitrogen and oxygen atoms in total. The fourth-order valence-corrected chi connectivity index (χ4v) is 10.0. The van der Waals surface area contributed by atoms with Crippen LogP contribution in [0.25, 0.3) is 110 Å². The van der Waals surface area contributed by atoms with Crippen LogP contribution in [0, 0.1) is 0 Å². The number of aromatic nitrogens is 4. The van der Waals surface area contributed by atoms with E-state index in [1.165, 1.54) is 87.2 Å². The molecule has 270 valence electrons. The third-order valence-corrected chi connectivity index (χ3v) is 12.3. The molecule has 0 bridgehead atoms. The summed E-state index contributed by atoms with van der Waals surface area (Å²) in [6.45, 7) is 0. The van der Waals surface area contributed by atoms with Crippen molar-refractivity contribution in [2.45, 2.75) is 0 Å². The van der Waals surface area contributed by atoms with Gasteiger partial charge in [-0.05, 0) is 84.9 Å². The Morgan fingerprint density at radius 1 is 0.190 bits per heavy atom. The van der Waals surface area contributed by atoms with Gasteiger partial charge in [-0.25, -0.2) is 0 Å². The maximum absolute atomic E-state index is 2.45. The fourth-order valence-electron chi connectivity index (χ4n) is 10.0. The van der Waals surface area contributed by atoms with E-state index in [2.05, 4.69) is 225 Å². The van der Waals surface area contributed by atoms with Gasteiger partial charge in [0, 0.05) is 65.8 Å². The summed E-state index contributed by atoms with van der Waals surface area (Å²) in [5, 5.41) is 10.1. The first-order valence-electron chi connectivity index (χ1n) is 20.0. The second-order valence-corrected chi connectivity index (χ2v) is 15.3. The predicted molar refractivity (Wildman–Crippen MR) is 244 cm³/mol. The molecule has 0 aliphatic heterocycles. The SMILES string of the molecule is c1cc(-n2c3ccccc3c3ccccc32)cc(-n2c3ccccc3c3c4c5ccccc5n(-c5cccc(-n6c7ccccc7c7ccccc76)c5)c4ccc32)c1. The van der Waals surface area contributed by atoms with E-state index in [1.54, 1.807) is 0 Å². The zero-order valence-electron chi connectivity index (χ0n) is 31.4.